The molecule has 1 aromatic heterocycles. The fourth-order valence-electron chi connectivity index (χ4n) is 4.29. The maximum Gasteiger partial charge on any atom is 0.256 e. The second kappa shape index (κ2) is 6.22. The van der Waals surface area contributed by atoms with E-state index in [1.807, 2.05) is 47.0 Å². The fraction of sp³-hybridized carbons (Fsp3) is 0.526. The number of aliphatic hydroxyl groups is 1. The zero-order chi connectivity index (χ0) is 16.7. The summed E-state index contributed by atoms with van der Waals surface area (Å²) in [7, 11) is 1.98. The van der Waals surface area contributed by atoms with Crippen LogP contribution < -0.4 is 0 Å². The highest BCUT2D eigenvalue weighted by Crippen LogP contribution is 2.26. The Bertz CT molecular complexity index is 746. The highest BCUT2D eigenvalue weighted by atomic mass is 16.3. The zero-order valence-electron chi connectivity index (χ0n) is 14.2. The van der Waals surface area contributed by atoms with Crippen molar-refractivity contribution >= 4 is 16.8 Å². The van der Waals surface area contributed by atoms with Gasteiger partial charge in [0.1, 0.15) is 0 Å². The van der Waals surface area contributed by atoms with Crippen LogP contribution in [0.5, 0.6) is 0 Å². The molecule has 24 heavy (non-hydrogen) atoms. The third-order valence-electron chi connectivity index (χ3n) is 5.64. The molecule has 2 aromatic rings. The summed E-state index contributed by atoms with van der Waals surface area (Å²) in [5.41, 5.74) is 1.89. The molecule has 4 rings (SSSR count). The van der Waals surface area contributed by atoms with Crippen molar-refractivity contribution in [1.29, 1.82) is 0 Å². The van der Waals surface area contributed by atoms with Gasteiger partial charge in [-0.05, 0) is 25.3 Å². The smallest absolute Gasteiger partial charge is 0.256 e. The van der Waals surface area contributed by atoms with E-state index in [-0.39, 0.29) is 12.0 Å². The molecule has 0 radical (unpaired) electrons. The van der Waals surface area contributed by atoms with Crippen LogP contribution >= 0.6 is 0 Å². The number of aliphatic hydroxyl groups excluding tert-OH is 1. The number of benzene rings is 1. The number of aryl methyl sites for hydroxylation is 1. The molecule has 1 aromatic carbocycles. The number of fused-ring (bicyclic) bond motifs is 1. The lowest BCUT2D eigenvalue weighted by atomic mass is 10.1. The summed E-state index contributed by atoms with van der Waals surface area (Å²) < 4.78 is 2.02. The Balaban J connectivity index is 1.48. The van der Waals surface area contributed by atoms with E-state index in [2.05, 4.69) is 4.90 Å². The Morgan fingerprint density at radius 3 is 2.58 bits per heavy atom. The number of amides is 1. The molecule has 1 aliphatic heterocycles. The summed E-state index contributed by atoms with van der Waals surface area (Å²) in [6, 6.07) is 8.35. The SMILES string of the molecule is Cn1cc(C(=O)N2CCN([C@@H]3CCC[C@@H]3O)CC2)c2ccccc21. The molecule has 1 saturated carbocycles. The van der Waals surface area contributed by atoms with E-state index in [4.69, 9.17) is 0 Å². The van der Waals surface area contributed by atoms with Crippen LogP contribution in [0.4, 0.5) is 0 Å². The summed E-state index contributed by atoms with van der Waals surface area (Å²) in [4.78, 5) is 17.3. The van der Waals surface area contributed by atoms with Gasteiger partial charge in [-0.1, -0.05) is 18.2 Å². The van der Waals surface area contributed by atoms with E-state index < -0.39 is 0 Å². The molecule has 1 saturated heterocycles. The van der Waals surface area contributed by atoms with Gasteiger partial charge in [-0.25, -0.2) is 0 Å². The predicted octanol–water partition coefficient (Wildman–Crippen LogP) is 1.85. The van der Waals surface area contributed by atoms with Crippen molar-refractivity contribution in [2.45, 2.75) is 31.4 Å². The maximum atomic E-state index is 13.0. The number of nitrogens with zero attached hydrogens (tertiary/aromatic N) is 3. The molecule has 1 N–H and O–H groups in total. The van der Waals surface area contributed by atoms with E-state index in [1.165, 1.54) is 0 Å². The van der Waals surface area contributed by atoms with E-state index in [9.17, 15) is 9.90 Å². The van der Waals surface area contributed by atoms with Crippen molar-refractivity contribution in [1.82, 2.24) is 14.4 Å². The highest BCUT2D eigenvalue weighted by Gasteiger charge is 2.33. The molecule has 0 unspecified atom stereocenters. The van der Waals surface area contributed by atoms with Gasteiger partial charge < -0.3 is 14.6 Å². The molecule has 2 fully saturated rings. The Labute approximate surface area is 142 Å². The van der Waals surface area contributed by atoms with Gasteiger partial charge in [-0.15, -0.1) is 0 Å². The molecule has 2 atom stereocenters. The molecule has 1 aliphatic carbocycles. The van der Waals surface area contributed by atoms with Crippen molar-refractivity contribution < 1.29 is 9.90 Å². The number of hydrogen-bond acceptors (Lipinski definition) is 3. The van der Waals surface area contributed by atoms with Gasteiger partial charge >= 0.3 is 0 Å². The lowest BCUT2D eigenvalue weighted by Gasteiger charge is -2.39. The Morgan fingerprint density at radius 1 is 1.12 bits per heavy atom. The van der Waals surface area contributed by atoms with Crippen LogP contribution in [0.15, 0.2) is 30.5 Å². The van der Waals surface area contributed by atoms with Crippen LogP contribution in [-0.4, -0.2) is 63.7 Å². The van der Waals surface area contributed by atoms with Gasteiger partial charge in [0.15, 0.2) is 0 Å². The van der Waals surface area contributed by atoms with Gasteiger partial charge in [0, 0.05) is 56.4 Å². The molecular formula is C19H25N3O2. The van der Waals surface area contributed by atoms with Crippen molar-refractivity contribution in [3.63, 3.8) is 0 Å². The van der Waals surface area contributed by atoms with E-state index in [0.717, 1.165) is 61.9 Å². The summed E-state index contributed by atoms with van der Waals surface area (Å²) in [6.07, 6.45) is 4.87. The minimum atomic E-state index is -0.190. The summed E-state index contributed by atoms with van der Waals surface area (Å²) in [6.45, 7) is 3.20. The first-order valence-electron chi connectivity index (χ1n) is 8.90. The lowest BCUT2D eigenvalue weighted by molar-refractivity contribution is 0.0316. The fourth-order valence-corrected chi connectivity index (χ4v) is 4.29. The minimum Gasteiger partial charge on any atom is -0.391 e. The number of hydrogen-bond donors (Lipinski definition) is 1. The first-order valence-corrected chi connectivity index (χ1v) is 8.90. The predicted molar refractivity (Wildman–Crippen MR) is 94.0 cm³/mol. The van der Waals surface area contributed by atoms with Crippen LogP contribution in [0.3, 0.4) is 0 Å². The first-order chi connectivity index (χ1) is 11.6. The van der Waals surface area contributed by atoms with E-state index in [0.29, 0.717) is 6.04 Å². The quantitative estimate of drug-likeness (QED) is 0.916. The molecule has 2 aliphatic rings. The number of carbonyl (C=O) groups is 1. The molecule has 5 nitrogen and oxygen atoms in total. The summed E-state index contributed by atoms with van der Waals surface area (Å²) >= 11 is 0. The van der Waals surface area contributed by atoms with Crippen LogP contribution in [0.1, 0.15) is 29.6 Å². The van der Waals surface area contributed by atoms with Crippen molar-refractivity contribution in [3.05, 3.63) is 36.0 Å². The third kappa shape index (κ3) is 2.62. The van der Waals surface area contributed by atoms with Crippen molar-refractivity contribution in [2.75, 3.05) is 26.2 Å². The third-order valence-corrected chi connectivity index (χ3v) is 5.64. The molecule has 5 heteroatoms. The van der Waals surface area contributed by atoms with Gasteiger partial charge in [0.05, 0.1) is 11.7 Å². The van der Waals surface area contributed by atoms with Crippen LogP contribution in [0.25, 0.3) is 10.9 Å². The van der Waals surface area contributed by atoms with Crippen molar-refractivity contribution in [2.24, 2.45) is 7.05 Å². The van der Waals surface area contributed by atoms with Gasteiger partial charge in [-0.2, -0.15) is 0 Å². The average molecular weight is 327 g/mol. The molecule has 0 bridgehead atoms. The van der Waals surface area contributed by atoms with Crippen molar-refractivity contribution in [3.8, 4) is 0 Å². The number of aromatic nitrogens is 1. The second-order valence-corrected chi connectivity index (χ2v) is 7.06. The largest absolute Gasteiger partial charge is 0.391 e. The van der Waals surface area contributed by atoms with Gasteiger partial charge in [0.2, 0.25) is 0 Å². The van der Waals surface area contributed by atoms with E-state index >= 15 is 0 Å². The topological polar surface area (TPSA) is 48.7 Å². The molecular weight excluding hydrogens is 302 g/mol. The number of para-hydroxylation sites is 1. The highest BCUT2D eigenvalue weighted by molar-refractivity contribution is 6.07. The van der Waals surface area contributed by atoms with Gasteiger partial charge in [0.25, 0.3) is 5.91 Å². The molecule has 128 valence electrons. The first kappa shape index (κ1) is 15.7. The lowest BCUT2D eigenvalue weighted by Crippen LogP contribution is -2.53. The standard InChI is InChI=1S/C19H25N3O2/c1-20-13-15(14-5-2-3-6-16(14)20)19(24)22-11-9-21(10-12-22)17-7-4-8-18(17)23/h2-3,5-6,13,17-18,23H,4,7-12H2,1H3/t17-,18+/m1/s1. The summed E-state index contributed by atoms with van der Waals surface area (Å²) in [5.74, 6) is 0.124. The minimum absolute atomic E-state index is 0.124. The number of rotatable bonds is 2. The Kier molecular flexibility index (Phi) is 4.06. The molecule has 2 heterocycles. The van der Waals surface area contributed by atoms with Crippen LogP contribution in [0, 0.1) is 0 Å². The van der Waals surface area contributed by atoms with Gasteiger partial charge in [-0.3, -0.25) is 9.69 Å². The number of piperazine rings is 1. The second-order valence-electron chi connectivity index (χ2n) is 7.06. The zero-order valence-corrected chi connectivity index (χ0v) is 14.2. The summed E-state index contributed by atoms with van der Waals surface area (Å²) in [5, 5.41) is 11.1. The molecule has 1 amide bonds. The van der Waals surface area contributed by atoms with Crippen LogP contribution in [-0.2, 0) is 7.05 Å². The molecule has 0 spiro atoms. The Hall–Kier alpha value is -1.85. The monoisotopic (exact) mass is 327 g/mol. The Morgan fingerprint density at radius 2 is 1.88 bits per heavy atom. The number of carbonyl (C=O) groups excluding carboxylic acids is 1. The maximum absolute atomic E-state index is 13.0. The van der Waals surface area contributed by atoms with E-state index in [1.54, 1.807) is 0 Å². The average Bonchev–Trinajstić information content (AvgIpc) is 3.19. The van der Waals surface area contributed by atoms with Crippen LogP contribution in [0.2, 0.25) is 0 Å². The normalized spacial score (nSPS) is 25.5.